The van der Waals surface area contributed by atoms with Crippen LogP contribution in [0, 0.1) is 0 Å². The molecule has 0 aliphatic heterocycles. The fourth-order valence-corrected chi connectivity index (χ4v) is 1.63. The van der Waals surface area contributed by atoms with E-state index < -0.39 is 0 Å². The Morgan fingerprint density at radius 2 is 1.76 bits per heavy atom. The van der Waals surface area contributed by atoms with Gasteiger partial charge in [0, 0.05) is 11.8 Å². The fraction of sp³-hybridized carbons (Fsp3) is 0. The SMILES string of the molecule is Oc1ccc(-c2cnc3ncccc3n2)cc1. The van der Waals surface area contributed by atoms with E-state index in [9.17, 15) is 5.11 Å². The number of hydrogen-bond donors (Lipinski definition) is 1. The molecule has 0 aliphatic rings. The Morgan fingerprint density at radius 1 is 0.941 bits per heavy atom. The zero-order chi connectivity index (χ0) is 11.7. The minimum atomic E-state index is 0.240. The molecular formula is C13H9N3O. The molecule has 0 saturated carbocycles. The zero-order valence-corrected chi connectivity index (χ0v) is 8.91. The Morgan fingerprint density at radius 3 is 2.59 bits per heavy atom. The van der Waals surface area contributed by atoms with Gasteiger partial charge in [-0.2, -0.15) is 0 Å². The van der Waals surface area contributed by atoms with E-state index in [1.807, 2.05) is 24.3 Å². The lowest BCUT2D eigenvalue weighted by Gasteiger charge is -2.02. The molecule has 4 nitrogen and oxygen atoms in total. The first kappa shape index (κ1) is 9.72. The van der Waals surface area contributed by atoms with Gasteiger partial charge in [0.1, 0.15) is 11.3 Å². The molecule has 0 aliphatic carbocycles. The first-order chi connectivity index (χ1) is 8.33. The number of aromatic hydroxyl groups is 1. The van der Waals surface area contributed by atoms with Gasteiger partial charge >= 0.3 is 0 Å². The third kappa shape index (κ3) is 1.80. The number of benzene rings is 1. The molecule has 3 aromatic rings. The van der Waals surface area contributed by atoms with Crippen LogP contribution in [0.2, 0.25) is 0 Å². The largest absolute Gasteiger partial charge is 0.508 e. The molecule has 0 radical (unpaired) electrons. The maximum atomic E-state index is 9.23. The highest BCUT2D eigenvalue weighted by Gasteiger charge is 2.02. The van der Waals surface area contributed by atoms with Gasteiger partial charge in [0.15, 0.2) is 5.65 Å². The van der Waals surface area contributed by atoms with Crippen molar-refractivity contribution in [2.24, 2.45) is 0 Å². The molecule has 3 rings (SSSR count). The van der Waals surface area contributed by atoms with Gasteiger partial charge in [0.25, 0.3) is 0 Å². The number of fused-ring (bicyclic) bond motifs is 1. The highest BCUT2D eigenvalue weighted by molar-refractivity contribution is 5.73. The van der Waals surface area contributed by atoms with Gasteiger partial charge in [-0.1, -0.05) is 0 Å². The van der Waals surface area contributed by atoms with E-state index in [2.05, 4.69) is 15.0 Å². The summed E-state index contributed by atoms with van der Waals surface area (Å²) in [7, 11) is 0. The van der Waals surface area contributed by atoms with Gasteiger partial charge in [-0.05, 0) is 36.4 Å². The van der Waals surface area contributed by atoms with Crippen molar-refractivity contribution in [3.8, 4) is 17.0 Å². The van der Waals surface area contributed by atoms with Crippen molar-refractivity contribution < 1.29 is 5.11 Å². The highest BCUT2D eigenvalue weighted by atomic mass is 16.3. The summed E-state index contributed by atoms with van der Waals surface area (Å²) >= 11 is 0. The molecule has 0 atom stereocenters. The fourth-order valence-electron chi connectivity index (χ4n) is 1.63. The Labute approximate surface area is 97.6 Å². The molecule has 2 heterocycles. The summed E-state index contributed by atoms with van der Waals surface area (Å²) in [5.74, 6) is 0.240. The van der Waals surface area contributed by atoms with E-state index in [1.54, 1.807) is 24.5 Å². The quantitative estimate of drug-likeness (QED) is 0.688. The van der Waals surface area contributed by atoms with Crippen molar-refractivity contribution in [2.45, 2.75) is 0 Å². The Hall–Kier alpha value is -2.49. The smallest absolute Gasteiger partial charge is 0.178 e. The summed E-state index contributed by atoms with van der Waals surface area (Å²) in [6, 6.07) is 10.6. The van der Waals surface area contributed by atoms with E-state index in [-0.39, 0.29) is 5.75 Å². The summed E-state index contributed by atoms with van der Waals surface area (Å²) < 4.78 is 0. The van der Waals surface area contributed by atoms with Crippen LogP contribution in [0.1, 0.15) is 0 Å². The van der Waals surface area contributed by atoms with Crippen LogP contribution in [-0.4, -0.2) is 20.1 Å². The Balaban J connectivity index is 2.14. The van der Waals surface area contributed by atoms with E-state index in [0.717, 1.165) is 16.8 Å². The lowest BCUT2D eigenvalue weighted by molar-refractivity contribution is 0.475. The topological polar surface area (TPSA) is 58.9 Å². The van der Waals surface area contributed by atoms with Crippen molar-refractivity contribution in [1.29, 1.82) is 0 Å². The van der Waals surface area contributed by atoms with Gasteiger partial charge in [-0.3, -0.25) is 0 Å². The first-order valence-electron chi connectivity index (χ1n) is 5.20. The molecule has 0 fully saturated rings. The molecule has 0 amide bonds. The van der Waals surface area contributed by atoms with Gasteiger partial charge in [0.2, 0.25) is 0 Å². The molecule has 0 saturated heterocycles. The average molecular weight is 223 g/mol. The van der Waals surface area contributed by atoms with Crippen molar-refractivity contribution in [3.05, 3.63) is 48.8 Å². The normalized spacial score (nSPS) is 10.6. The van der Waals surface area contributed by atoms with Gasteiger partial charge in [0.05, 0.1) is 11.9 Å². The highest BCUT2D eigenvalue weighted by Crippen LogP contribution is 2.20. The van der Waals surface area contributed by atoms with Crippen molar-refractivity contribution >= 4 is 11.2 Å². The standard InChI is InChI=1S/C13H9N3O/c17-10-5-3-9(4-6-10)12-8-15-13-11(16-12)2-1-7-14-13/h1-8,17H. The number of hydrogen-bond acceptors (Lipinski definition) is 4. The first-order valence-corrected chi connectivity index (χ1v) is 5.20. The van der Waals surface area contributed by atoms with Crippen LogP contribution in [-0.2, 0) is 0 Å². The number of nitrogens with zero attached hydrogens (tertiary/aromatic N) is 3. The Bertz CT molecular complexity index is 665. The summed E-state index contributed by atoms with van der Waals surface area (Å²) in [4.78, 5) is 12.8. The van der Waals surface area contributed by atoms with E-state index in [1.165, 1.54) is 0 Å². The lowest BCUT2D eigenvalue weighted by Crippen LogP contribution is -1.89. The lowest BCUT2D eigenvalue weighted by atomic mass is 10.1. The summed E-state index contributed by atoms with van der Waals surface area (Å²) in [6.07, 6.45) is 3.37. The van der Waals surface area contributed by atoms with Crippen LogP contribution in [0.25, 0.3) is 22.4 Å². The molecular weight excluding hydrogens is 214 g/mol. The van der Waals surface area contributed by atoms with Crippen molar-refractivity contribution in [1.82, 2.24) is 15.0 Å². The monoisotopic (exact) mass is 223 g/mol. The minimum Gasteiger partial charge on any atom is -0.508 e. The van der Waals surface area contributed by atoms with Crippen LogP contribution < -0.4 is 0 Å². The summed E-state index contributed by atoms with van der Waals surface area (Å²) in [5, 5.41) is 9.23. The number of phenolic OH excluding ortho intramolecular Hbond substituents is 1. The van der Waals surface area contributed by atoms with Gasteiger partial charge in [-0.15, -0.1) is 0 Å². The Kier molecular flexibility index (Phi) is 2.19. The molecule has 1 aromatic carbocycles. The van der Waals surface area contributed by atoms with Crippen LogP contribution in [0.3, 0.4) is 0 Å². The van der Waals surface area contributed by atoms with E-state index in [0.29, 0.717) is 5.65 Å². The molecule has 0 spiro atoms. The van der Waals surface area contributed by atoms with Crippen LogP contribution in [0.15, 0.2) is 48.8 Å². The molecule has 1 N–H and O–H groups in total. The molecule has 0 bridgehead atoms. The summed E-state index contributed by atoms with van der Waals surface area (Å²) in [5.41, 5.74) is 3.08. The number of aromatic nitrogens is 3. The molecule has 0 unspecified atom stereocenters. The second-order valence-corrected chi connectivity index (χ2v) is 3.65. The minimum absolute atomic E-state index is 0.240. The van der Waals surface area contributed by atoms with Crippen molar-refractivity contribution in [2.75, 3.05) is 0 Å². The van der Waals surface area contributed by atoms with Crippen LogP contribution in [0.4, 0.5) is 0 Å². The van der Waals surface area contributed by atoms with Crippen LogP contribution >= 0.6 is 0 Å². The third-order valence-corrected chi connectivity index (χ3v) is 2.48. The average Bonchev–Trinajstić information content (AvgIpc) is 2.39. The second-order valence-electron chi connectivity index (χ2n) is 3.65. The molecule has 17 heavy (non-hydrogen) atoms. The molecule has 4 heteroatoms. The number of phenols is 1. The van der Waals surface area contributed by atoms with Crippen LogP contribution in [0.5, 0.6) is 5.75 Å². The third-order valence-electron chi connectivity index (χ3n) is 2.48. The van der Waals surface area contributed by atoms with Crippen molar-refractivity contribution in [3.63, 3.8) is 0 Å². The maximum absolute atomic E-state index is 9.23. The van der Waals surface area contributed by atoms with Gasteiger partial charge in [-0.25, -0.2) is 15.0 Å². The molecule has 2 aromatic heterocycles. The van der Waals surface area contributed by atoms with Gasteiger partial charge < -0.3 is 5.11 Å². The zero-order valence-electron chi connectivity index (χ0n) is 8.91. The number of rotatable bonds is 1. The summed E-state index contributed by atoms with van der Waals surface area (Å²) in [6.45, 7) is 0. The maximum Gasteiger partial charge on any atom is 0.178 e. The van der Waals surface area contributed by atoms with E-state index in [4.69, 9.17) is 0 Å². The van der Waals surface area contributed by atoms with E-state index >= 15 is 0 Å². The second kappa shape index (κ2) is 3.83. The molecule has 82 valence electrons. The predicted molar refractivity (Wildman–Crippen MR) is 64.4 cm³/mol. The predicted octanol–water partition coefficient (Wildman–Crippen LogP) is 2.40. The number of pyridine rings is 1.